The highest BCUT2D eigenvalue weighted by Gasteiger charge is 2.25. The summed E-state index contributed by atoms with van der Waals surface area (Å²) in [5.41, 5.74) is 2.57. The molecular weight excluding hydrogens is 447 g/mol. The summed E-state index contributed by atoms with van der Waals surface area (Å²) in [5.74, 6) is 0.433. The number of hydrogen-bond donors (Lipinski definition) is 0. The van der Waals surface area contributed by atoms with Gasteiger partial charge in [0.15, 0.2) is 0 Å². The number of carbonyl (C=O) groups excluding carboxylic acids is 1. The van der Waals surface area contributed by atoms with E-state index in [0.29, 0.717) is 34.6 Å². The van der Waals surface area contributed by atoms with Crippen molar-refractivity contribution in [3.8, 4) is 5.69 Å². The number of carbonyl (C=O) groups is 1. The molecule has 8 heteroatoms. The first kappa shape index (κ1) is 22.6. The quantitative estimate of drug-likeness (QED) is 0.531. The highest BCUT2D eigenvalue weighted by atomic mass is 35.5. The van der Waals surface area contributed by atoms with E-state index in [1.165, 1.54) is 10.2 Å². The second kappa shape index (κ2) is 9.51. The average molecular weight is 473 g/mol. The van der Waals surface area contributed by atoms with Crippen LogP contribution in [0.2, 0.25) is 10.0 Å². The van der Waals surface area contributed by atoms with E-state index < -0.39 is 0 Å². The first-order valence-corrected chi connectivity index (χ1v) is 11.6. The fourth-order valence-corrected chi connectivity index (χ4v) is 4.71. The molecule has 2 heterocycles. The zero-order valence-corrected chi connectivity index (χ0v) is 19.7. The van der Waals surface area contributed by atoms with Crippen LogP contribution in [0.5, 0.6) is 0 Å². The fourth-order valence-electron chi connectivity index (χ4n) is 4.18. The van der Waals surface area contributed by atoms with E-state index in [-0.39, 0.29) is 24.1 Å². The van der Waals surface area contributed by atoms with Gasteiger partial charge in [0.1, 0.15) is 6.33 Å². The molecule has 6 nitrogen and oxygen atoms in total. The Morgan fingerprint density at radius 3 is 2.25 bits per heavy atom. The van der Waals surface area contributed by atoms with Gasteiger partial charge in [-0.15, -0.1) is 0 Å². The molecule has 0 aliphatic carbocycles. The first-order chi connectivity index (χ1) is 15.3. The third kappa shape index (κ3) is 4.62. The number of halogens is 2. The lowest BCUT2D eigenvalue weighted by Crippen LogP contribution is -2.38. The Labute approximate surface area is 197 Å². The zero-order valence-electron chi connectivity index (χ0n) is 18.2. The number of rotatable bonds is 5. The lowest BCUT2D eigenvalue weighted by atomic mass is 9.89. The zero-order chi connectivity index (χ0) is 22.8. The van der Waals surface area contributed by atoms with Crippen LogP contribution in [-0.2, 0) is 11.2 Å². The van der Waals surface area contributed by atoms with E-state index in [1.807, 2.05) is 30.9 Å². The van der Waals surface area contributed by atoms with Crippen molar-refractivity contribution in [2.24, 2.45) is 0 Å². The van der Waals surface area contributed by atoms with Crippen LogP contribution in [0.4, 0.5) is 0 Å². The van der Waals surface area contributed by atoms with Crippen molar-refractivity contribution in [3.63, 3.8) is 0 Å². The molecule has 0 bridgehead atoms. The van der Waals surface area contributed by atoms with Crippen LogP contribution in [0.25, 0.3) is 5.69 Å². The number of hydrogen-bond acceptors (Lipinski definition) is 3. The minimum Gasteiger partial charge on any atom is -0.342 e. The maximum absolute atomic E-state index is 12.8. The van der Waals surface area contributed by atoms with E-state index in [4.69, 9.17) is 23.2 Å². The number of piperidine rings is 1. The lowest BCUT2D eigenvalue weighted by molar-refractivity contribution is -0.131. The molecule has 0 N–H and O–H groups in total. The van der Waals surface area contributed by atoms with Crippen LogP contribution in [0.15, 0.2) is 53.6 Å². The summed E-state index contributed by atoms with van der Waals surface area (Å²) in [4.78, 5) is 27.1. The van der Waals surface area contributed by atoms with E-state index in [2.05, 4.69) is 17.2 Å². The summed E-state index contributed by atoms with van der Waals surface area (Å²) >= 11 is 12.4. The minimum atomic E-state index is -0.141. The molecule has 0 atom stereocenters. The van der Waals surface area contributed by atoms with Crippen LogP contribution in [-0.4, -0.2) is 38.2 Å². The Hall–Kier alpha value is -2.57. The van der Waals surface area contributed by atoms with Gasteiger partial charge in [-0.05, 0) is 68.0 Å². The number of benzene rings is 2. The average Bonchev–Trinajstić information content (AvgIpc) is 3.18. The van der Waals surface area contributed by atoms with Crippen molar-refractivity contribution in [1.82, 2.24) is 19.2 Å². The van der Waals surface area contributed by atoms with Gasteiger partial charge in [-0.1, -0.05) is 41.4 Å². The Bertz CT molecular complexity index is 1140. The smallest absolute Gasteiger partial charge is 0.342 e. The van der Waals surface area contributed by atoms with Gasteiger partial charge in [0.05, 0.1) is 18.2 Å². The molecule has 4 rings (SSSR count). The Morgan fingerprint density at radius 1 is 1.06 bits per heavy atom. The van der Waals surface area contributed by atoms with E-state index in [1.54, 1.807) is 29.1 Å². The van der Waals surface area contributed by atoms with Crippen LogP contribution in [0, 0.1) is 0 Å². The van der Waals surface area contributed by atoms with Crippen LogP contribution < -0.4 is 5.69 Å². The SMILES string of the molecule is CC(C)n1ncn(-c2ccc(C3CCN(C(=O)Cc4c(Cl)cccc4Cl)CC3)cc2)c1=O. The second-order valence-electron chi connectivity index (χ2n) is 8.45. The molecule has 2 aromatic carbocycles. The Kier molecular flexibility index (Phi) is 6.72. The summed E-state index contributed by atoms with van der Waals surface area (Å²) in [6, 6.07) is 13.4. The predicted molar refractivity (Wildman–Crippen MR) is 127 cm³/mol. The van der Waals surface area contributed by atoms with Crippen molar-refractivity contribution in [1.29, 1.82) is 0 Å². The number of amides is 1. The van der Waals surface area contributed by atoms with E-state index in [9.17, 15) is 9.59 Å². The molecule has 0 unspecified atom stereocenters. The minimum absolute atomic E-state index is 0.0184. The third-order valence-electron chi connectivity index (χ3n) is 6.06. The van der Waals surface area contributed by atoms with Gasteiger partial charge < -0.3 is 4.90 Å². The van der Waals surface area contributed by atoms with Crippen molar-refractivity contribution < 1.29 is 4.79 Å². The highest BCUT2D eigenvalue weighted by molar-refractivity contribution is 6.36. The van der Waals surface area contributed by atoms with Crippen molar-refractivity contribution in [3.05, 3.63) is 80.4 Å². The number of likely N-dealkylation sites (tertiary alicyclic amines) is 1. The van der Waals surface area contributed by atoms with Crippen LogP contribution >= 0.6 is 23.2 Å². The molecule has 1 amide bonds. The molecule has 168 valence electrons. The summed E-state index contributed by atoms with van der Waals surface area (Å²) in [7, 11) is 0. The van der Waals surface area contributed by atoms with Gasteiger partial charge in [0.2, 0.25) is 5.91 Å². The maximum Gasteiger partial charge on any atom is 0.350 e. The predicted octanol–water partition coefficient (Wildman–Crippen LogP) is 4.87. The molecule has 32 heavy (non-hydrogen) atoms. The second-order valence-corrected chi connectivity index (χ2v) is 9.26. The van der Waals surface area contributed by atoms with Gasteiger partial charge in [-0.2, -0.15) is 5.10 Å². The molecule has 1 aliphatic heterocycles. The van der Waals surface area contributed by atoms with Gasteiger partial charge in [-0.3, -0.25) is 4.79 Å². The van der Waals surface area contributed by atoms with Crippen molar-refractivity contribution >= 4 is 29.1 Å². The van der Waals surface area contributed by atoms with Crippen molar-refractivity contribution in [2.45, 2.75) is 45.1 Å². The van der Waals surface area contributed by atoms with Gasteiger partial charge in [-0.25, -0.2) is 14.0 Å². The molecule has 1 saturated heterocycles. The summed E-state index contributed by atoms with van der Waals surface area (Å²) < 4.78 is 3.03. The van der Waals surface area contributed by atoms with Gasteiger partial charge in [0, 0.05) is 23.1 Å². The largest absolute Gasteiger partial charge is 0.350 e. The Morgan fingerprint density at radius 2 is 1.69 bits per heavy atom. The van der Waals surface area contributed by atoms with E-state index >= 15 is 0 Å². The number of aromatic nitrogens is 3. The normalized spacial score (nSPS) is 14.8. The standard InChI is InChI=1S/C24H26Cl2N4O2/c1-16(2)30-24(32)29(15-27-30)19-8-6-17(7-9-19)18-10-12-28(13-11-18)23(31)14-20-21(25)4-3-5-22(20)26/h3-9,15-16,18H,10-14H2,1-2H3. The monoisotopic (exact) mass is 472 g/mol. The van der Waals surface area contributed by atoms with Crippen molar-refractivity contribution in [2.75, 3.05) is 13.1 Å². The first-order valence-electron chi connectivity index (χ1n) is 10.8. The maximum atomic E-state index is 12.8. The summed E-state index contributed by atoms with van der Waals surface area (Å²) in [5, 5.41) is 5.24. The third-order valence-corrected chi connectivity index (χ3v) is 6.77. The molecule has 1 aromatic heterocycles. The van der Waals surface area contributed by atoms with Gasteiger partial charge >= 0.3 is 5.69 Å². The van der Waals surface area contributed by atoms with E-state index in [0.717, 1.165) is 18.5 Å². The molecular formula is C24H26Cl2N4O2. The molecule has 0 radical (unpaired) electrons. The lowest BCUT2D eigenvalue weighted by Gasteiger charge is -2.32. The molecule has 1 aliphatic rings. The molecule has 0 saturated carbocycles. The fraction of sp³-hybridized carbons (Fsp3) is 0.375. The summed E-state index contributed by atoms with van der Waals surface area (Å²) in [6.07, 6.45) is 3.57. The Balaban J connectivity index is 1.38. The highest BCUT2D eigenvalue weighted by Crippen LogP contribution is 2.30. The van der Waals surface area contributed by atoms with Crippen LogP contribution in [0.1, 0.15) is 49.8 Å². The molecule has 0 spiro atoms. The topological polar surface area (TPSA) is 60.1 Å². The molecule has 3 aromatic rings. The van der Waals surface area contributed by atoms with Gasteiger partial charge in [0.25, 0.3) is 0 Å². The summed E-state index contributed by atoms with van der Waals surface area (Å²) in [6.45, 7) is 5.27. The molecule has 1 fully saturated rings. The van der Waals surface area contributed by atoms with Crippen LogP contribution in [0.3, 0.4) is 0 Å². The number of nitrogens with zero attached hydrogens (tertiary/aromatic N) is 4.